The maximum absolute atomic E-state index is 12.0. The summed E-state index contributed by atoms with van der Waals surface area (Å²) in [6.07, 6.45) is 1.97. The van der Waals surface area contributed by atoms with Gasteiger partial charge in [0, 0.05) is 25.6 Å². The normalized spacial score (nSPS) is 26.1. The first kappa shape index (κ1) is 15.3. The summed E-state index contributed by atoms with van der Waals surface area (Å²) in [5, 5.41) is 10.1. The summed E-state index contributed by atoms with van der Waals surface area (Å²) in [7, 11) is 0. The molecule has 1 amide bonds. The van der Waals surface area contributed by atoms with Gasteiger partial charge in [-0.3, -0.25) is 0 Å². The van der Waals surface area contributed by atoms with Gasteiger partial charge in [-0.1, -0.05) is 30.3 Å². The van der Waals surface area contributed by atoms with Gasteiger partial charge in [0.15, 0.2) is 0 Å². The molecule has 5 nitrogen and oxygen atoms in total. The summed E-state index contributed by atoms with van der Waals surface area (Å²) in [6, 6.07) is 9.65. The topological polar surface area (TPSA) is 59.0 Å². The van der Waals surface area contributed by atoms with Crippen LogP contribution in [0.3, 0.4) is 0 Å². The summed E-state index contributed by atoms with van der Waals surface area (Å²) in [5.41, 5.74) is 0.982. The zero-order valence-electron chi connectivity index (χ0n) is 12.7. The summed E-state index contributed by atoms with van der Waals surface area (Å²) >= 11 is 0. The number of rotatable bonds is 3. The van der Waals surface area contributed by atoms with Crippen molar-refractivity contribution in [1.29, 1.82) is 0 Å². The van der Waals surface area contributed by atoms with Crippen molar-refractivity contribution in [2.45, 2.75) is 38.1 Å². The van der Waals surface area contributed by atoms with E-state index in [4.69, 9.17) is 9.47 Å². The second kappa shape index (κ2) is 7.11. The van der Waals surface area contributed by atoms with Crippen molar-refractivity contribution in [1.82, 2.24) is 4.90 Å². The van der Waals surface area contributed by atoms with Crippen LogP contribution in [0.4, 0.5) is 4.79 Å². The van der Waals surface area contributed by atoms with E-state index in [-0.39, 0.29) is 18.1 Å². The van der Waals surface area contributed by atoms with Crippen molar-refractivity contribution in [3.05, 3.63) is 35.9 Å². The molecule has 0 radical (unpaired) electrons. The van der Waals surface area contributed by atoms with E-state index in [2.05, 4.69) is 0 Å². The zero-order chi connectivity index (χ0) is 15.4. The Kier molecular flexibility index (Phi) is 4.95. The first-order chi connectivity index (χ1) is 10.7. The van der Waals surface area contributed by atoms with Crippen LogP contribution in [0.5, 0.6) is 0 Å². The van der Waals surface area contributed by atoms with Gasteiger partial charge in [0.1, 0.15) is 6.61 Å². The minimum Gasteiger partial charge on any atom is -0.445 e. The van der Waals surface area contributed by atoms with E-state index in [1.807, 2.05) is 30.3 Å². The molecule has 0 aromatic heterocycles. The Bertz CT molecular complexity index is 487. The molecule has 2 heterocycles. The average Bonchev–Trinajstić information content (AvgIpc) is 2.70. The first-order valence-electron chi connectivity index (χ1n) is 7.99. The third kappa shape index (κ3) is 3.59. The van der Waals surface area contributed by atoms with Crippen molar-refractivity contribution < 1.29 is 19.4 Å². The maximum Gasteiger partial charge on any atom is 0.410 e. The number of nitrogens with zero attached hydrogens (tertiary/aromatic N) is 1. The minimum absolute atomic E-state index is 0.138. The monoisotopic (exact) mass is 305 g/mol. The number of carbonyl (C=O) groups is 1. The van der Waals surface area contributed by atoms with Crippen LogP contribution in [0.15, 0.2) is 30.3 Å². The fourth-order valence-electron chi connectivity index (χ4n) is 3.08. The van der Waals surface area contributed by atoms with Gasteiger partial charge >= 0.3 is 6.09 Å². The lowest BCUT2D eigenvalue weighted by Gasteiger charge is -2.43. The number of aliphatic hydroxyl groups is 1. The van der Waals surface area contributed by atoms with E-state index in [1.165, 1.54) is 0 Å². The Morgan fingerprint density at radius 2 is 2.05 bits per heavy atom. The second-order valence-corrected chi connectivity index (χ2v) is 6.10. The maximum atomic E-state index is 12.0. The van der Waals surface area contributed by atoms with Crippen molar-refractivity contribution in [2.24, 2.45) is 5.92 Å². The van der Waals surface area contributed by atoms with Crippen molar-refractivity contribution in [2.75, 3.05) is 19.7 Å². The lowest BCUT2D eigenvalue weighted by molar-refractivity contribution is -0.0950. The molecule has 2 aliphatic rings. The van der Waals surface area contributed by atoms with E-state index < -0.39 is 6.10 Å². The third-order valence-electron chi connectivity index (χ3n) is 4.42. The van der Waals surface area contributed by atoms with E-state index in [0.29, 0.717) is 26.3 Å². The number of amides is 1. The van der Waals surface area contributed by atoms with Gasteiger partial charge in [-0.25, -0.2) is 4.79 Å². The lowest BCUT2D eigenvalue weighted by atomic mass is 9.89. The molecule has 2 aliphatic heterocycles. The minimum atomic E-state index is -0.407. The number of benzene rings is 1. The van der Waals surface area contributed by atoms with Gasteiger partial charge in [0.25, 0.3) is 0 Å². The fraction of sp³-hybridized carbons (Fsp3) is 0.588. The Hall–Kier alpha value is -1.59. The van der Waals surface area contributed by atoms with Crippen LogP contribution in [0.25, 0.3) is 0 Å². The average molecular weight is 305 g/mol. The van der Waals surface area contributed by atoms with E-state index in [9.17, 15) is 9.90 Å². The predicted molar refractivity (Wildman–Crippen MR) is 81.3 cm³/mol. The van der Waals surface area contributed by atoms with Crippen LogP contribution >= 0.6 is 0 Å². The molecule has 1 N–H and O–H groups in total. The number of carbonyl (C=O) groups excluding carboxylic acids is 1. The highest BCUT2D eigenvalue weighted by atomic mass is 16.6. The molecule has 2 fully saturated rings. The first-order valence-corrected chi connectivity index (χ1v) is 7.99. The SMILES string of the molecule is O=C(OCc1ccccc1)N1CC(C2OCCCCC2O)C1. The number of ether oxygens (including phenoxy) is 2. The van der Waals surface area contributed by atoms with E-state index >= 15 is 0 Å². The van der Waals surface area contributed by atoms with Crippen molar-refractivity contribution >= 4 is 6.09 Å². The Morgan fingerprint density at radius 1 is 1.27 bits per heavy atom. The van der Waals surface area contributed by atoms with Crippen LogP contribution in [-0.2, 0) is 16.1 Å². The molecule has 0 spiro atoms. The highest BCUT2D eigenvalue weighted by molar-refractivity contribution is 5.68. The molecule has 120 valence electrons. The summed E-state index contributed by atoms with van der Waals surface area (Å²) < 4.78 is 11.1. The molecule has 22 heavy (non-hydrogen) atoms. The Labute approximate surface area is 130 Å². The Morgan fingerprint density at radius 3 is 2.82 bits per heavy atom. The summed E-state index contributed by atoms with van der Waals surface area (Å²) in [5.74, 6) is 0.220. The predicted octanol–water partition coefficient (Wildman–Crippen LogP) is 2.19. The molecular formula is C17H23NO4. The van der Waals surface area contributed by atoms with Crippen LogP contribution in [0.1, 0.15) is 24.8 Å². The van der Waals surface area contributed by atoms with Crippen LogP contribution in [0, 0.1) is 5.92 Å². The van der Waals surface area contributed by atoms with Gasteiger partial charge < -0.3 is 19.5 Å². The molecule has 0 aliphatic carbocycles. The molecule has 5 heteroatoms. The van der Waals surface area contributed by atoms with Gasteiger partial charge in [0.2, 0.25) is 0 Å². The second-order valence-electron chi connectivity index (χ2n) is 6.10. The Balaban J connectivity index is 1.43. The largest absolute Gasteiger partial charge is 0.445 e. The zero-order valence-corrected chi connectivity index (χ0v) is 12.7. The highest BCUT2D eigenvalue weighted by Gasteiger charge is 2.41. The van der Waals surface area contributed by atoms with Crippen LogP contribution in [0.2, 0.25) is 0 Å². The standard InChI is InChI=1S/C17H23NO4/c19-15-8-4-5-9-21-16(15)14-10-18(11-14)17(20)22-12-13-6-2-1-3-7-13/h1-3,6-7,14-16,19H,4-5,8-12H2. The van der Waals surface area contributed by atoms with Gasteiger partial charge in [-0.05, 0) is 24.8 Å². The lowest BCUT2D eigenvalue weighted by Crippen LogP contribution is -2.57. The summed E-state index contributed by atoms with van der Waals surface area (Å²) in [6.45, 7) is 2.21. The molecule has 1 aromatic carbocycles. The fourth-order valence-corrected chi connectivity index (χ4v) is 3.08. The quantitative estimate of drug-likeness (QED) is 0.930. The number of aliphatic hydroxyl groups excluding tert-OH is 1. The number of hydrogen-bond acceptors (Lipinski definition) is 4. The summed E-state index contributed by atoms with van der Waals surface area (Å²) in [4.78, 5) is 13.7. The van der Waals surface area contributed by atoms with Gasteiger partial charge in [-0.2, -0.15) is 0 Å². The molecule has 3 rings (SSSR count). The van der Waals surface area contributed by atoms with E-state index in [1.54, 1.807) is 4.90 Å². The molecule has 0 saturated carbocycles. The molecule has 2 atom stereocenters. The van der Waals surface area contributed by atoms with Crippen molar-refractivity contribution in [3.8, 4) is 0 Å². The van der Waals surface area contributed by atoms with E-state index in [0.717, 1.165) is 24.8 Å². The third-order valence-corrected chi connectivity index (χ3v) is 4.42. The molecule has 0 bridgehead atoms. The number of likely N-dealkylation sites (tertiary alicyclic amines) is 1. The van der Waals surface area contributed by atoms with Crippen molar-refractivity contribution in [3.63, 3.8) is 0 Å². The molecule has 1 aromatic rings. The molecule has 2 unspecified atom stereocenters. The van der Waals surface area contributed by atoms with Crippen LogP contribution < -0.4 is 0 Å². The molecular weight excluding hydrogens is 282 g/mol. The number of hydrogen-bond donors (Lipinski definition) is 1. The van der Waals surface area contributed by atoms with Gasteiger partial charge in [0.05, 0.1) is 12.2 Å². The van der Waals surface area contributed by atoms with Crippen LogP contribution in [-0.4, -0.2) is 48.0 Å². The molecule has 2 saturated heterocycles. The smallest absolute Gasteiger partial charge is 0.410 e. The van der Waals surface area contributed by atoms with Gasteiger partial charge in [-0.15, -0.1) is 0 Å². The highest BCUT2D eigenvalue weighted by Crippen LogP contribution is 2.28.